The van der Waals surface area contributed by atoms with Gasteiger partial charge in [-0.25, -0.2) is 14.8 Å². The van der Waals surface area contributed by atoms with Gasteiger partial charge in [0.15, 0.2) is 0 Å². The molecule has 2 aromatic heterocycles. The molecule has 0 radical (unpaired) electrons. The first-order chi connectivity index (χ1) is 30.1. The minimum atomic E-state index is -0.792. The number of carbonyl (C=O) groups is 4. The van der Waals surface area contributed by atoms with E-state index in [4.69, 9.17) is 14.5 Å². The van der Waals surface area contributed by atoms with Gasteiger partial charge in [0.1, 0.15) is 36.1 Å². The molecule has 1 fully saturated rings. The summed E-state index contributed by atoms with van der Waals surface area (Å²) in [5.74, 6) is 1.65. The first-order valence-corrected chi connectivity index (χ1v) is 20.9. The Balaban J connectivity index is 0.00000187. The van der Waals surface area contributed by atoms with E-state index in [1.165, 1.54) is 7.11 Å². The number of aromatic amines is 2. The Morgan fingerprint density at radius 1 is 1.02 bits per heavy atom. The quantitative estimate of drug-likeness (QED) is 0.0874. The number of hydrogen-bond donors (Lipinski definition) is 4. The fourth-order valence-corrected chi connectivity index (χ4v) is 8.34. The van der Waals surface area contributed by atoms with E-state index < -0.39 is 18.2 Å². The molecule has 8 rings (SSSR count). The highest BCUT2D eigenvalue weighted by Crippen LogP contribution is 2.43. The Morgan fingerprint density at radius 2 is 1.81 bits per heavy atom. The molecule has 6 aromatic rings. The molecule has 0 spiro atoms. The summed E-state index contributed by atoms with van der Waals surface area (Å²) in [5, 5.41) is 7.37. The minimum absolute atomic E-state index is 0.123. The third-order valence-corrected chi connectivity index (χ3v) is 11.3. The number of rotatable bonds is 13. The van der Waals surface area contributed by atoms with Crippen molar-refractivity contribution in [2.45, 2.75) is 71.3 Å². The number of benzene rings is 4. The van der Waals surface area contributed by atoms with Crippen LogP contribution in [0.4, 0.5) is 4.79 Å². The van der Waals surface area contributed by atoms with Crippen LogP contribution in [0.15, 0.2) is 79.0 Å². The molecule has 4 N–H and O–H groups in total. The van der Waals surface area contributed by atoms with Gasteiger partial charge < -0.3 is 44.6 Å². The molecule has 15 nitrogen and oxygen atoms in total. The molecule has 4 heterocycles. The Kier molecular flexibility index (Phi) is 13.5. The summed E-state index contributed by atoms with van der Waals surface area (Å²) in [4.78, 5) is 71.1. The fourth-order valence-electron chi connectivity index (χ4n) is 8.34. The summed E-state index contributed by atoms with van der Waals surface area (Å²) in [6, 6.07) is 22.0. The zero-order valence-electron chi connectivity index (χ0n) is 36.0. The number of alkyl carbamates (subject to hydrolysis) is 1. The van der Waals surface area contributed by atoms with Crippen LogP contribution in [0.25, 0.3) is 44.2 Å². The van der Waals surface area contributed by atoms with Gasteiger partial charge >= 0.3 is 6.09 Å². The average Bonchev–Trinajstić information content (AvgIpc) is 4.07. The van der Waals surface area contributed by atoms with Crippen molar-refractivity contribution >= 4 is 46.1 Å². The number of aromatic nitrogens is 4. The highest BCUT2D eigenvalue weighted by Gasteiger charge is 2.38. The number of nitrogens with zero attached hydrogens (tertiary/aromatic N) is 4. The van der Waals surface area contributed by atoms with Crippen molar-refractivity contribution in [3.8, 4) is 28.1 Å². The molecule has 15 heteroatoms. The number of imidazole rings is 2. The van der Waals surface area contributed by atoms with Crippen LogP contribution in [0.1, 0.15) is 74.9 Å². The third-order valence-electron chi connectivity index (χ3n) is 11.3. The Bertz CT molecular complexity index is 2550. The SMILES string of the molecule is CCCN(Cc1ncc(-c2ccc3c(c2)COc2cc4c(ccc5[nH]c(C6CCCN6C(=O)C(NC(=O)OC)C(C)C)nc54)cc2-3)[nH]1)C(=O)C(NC=O)c1ccccc1.COC. The standard InChI is InChI=1S/C45H48N8O6.C2H6O/c1-5-17-52(43(55)40(47-25-54)27-10-7-6-8-11-27)23-38-46-22-35(48-38)29-13-15-31-30(19-29)24-59-37-21-32-28(20-33(31)37)14-16-34-41(32)50-42(49-34)36-12-9-18-53(36)44(56)39(26(2)3)51-45(57)58-4;1-3-2/h6-8,10-11,13-16,19-22,25-26,36,39-40H,5,9,12,17-18,23-24H2,1-4H3,(H,46,48)(H,47,54)(H,49,50)(H,51,57);1-2H3. The summed E-state index contributed by atoms with van der Waals surface area (Å²) in [7, 11) is 4.54. The first kappa shape index (κ1) is 43.4. The van der Waals surface area contributed by atoms with Crippen molar-refractivity contribution < 1.29 is 33.4 Å². The predicted octanol–water partition coefficient (Wildman–Crippen LogP) is 7.20. The topological polar surface area (TPSA) is 184 Å². The molecule has 62 heavy (non-hydrogen) atoms. The Labute approximate surface area is 360 Å². The van der Waals surface area contributed by atoms with Gasteiger partial charge in [-0.15, -0.1) is 0 Å². The highest BCUT2D eigenvalue weighted by molar-refractivity contribution is 6.07. The summed E-state index contributed by atoms with van der Waals surface area (Å²) >= 11 is 0. The van der Waals surface area contributed by atoms with Crippen LogP contribution in [-0.2, 0) is 37.0 Å². The van der Waals surface area contributed by atoms with Crippen LogP contribution in [0.5, 0.6) is 5.75 Å². The molecule has 1 saturated heterocycles. The number of methoxy groups -OCH3 is 2. The normalized spacial score (nSPS) is 15.1. The number of hydrogen-bond acceptors (Lipinski definition) is 9. The van der Waals surface area contributed by atoms with E-state index in [1.54, 1.807) is 25.3 Å². The van der Waals surface area contributed by atoms with Crippen molar-refractivity contribution in [1.82, 2.24) is 40.4 Å². The Hall–Kier alpha value is -6.74. The molecule has 324 valence electrons. The average molecular weight is 843 g/mol. The van der Waals surface area contributed by atoms with Crippen LogP contribution in [0.3, 0.4) is 0 Å². The van der Waals surface area contributed by atoms with E-state index in [1.807, 2.05) is 62.1 Å². The molecule has 2 aliphatic heterocycles. The van der Waals surface area contributed by atoms with E-state index in [2.05, 4.69) is 66.7 Å². The maximum atomic E-state index is 13.7. The lowest BCUT2D eigenvalue weighted by atomic mass is 9.92. The van der Waals surface area contributed by atoms with Crippen molar-refractivity contribution in [2.75, 3.05) is 34.4 Å². The van der Waals surface area contributed by atoms with E-state index in [-0.39, 0.29) is 30.3 Å². The van der Waals surface area contributed by atoms with E-state index in [9.17, 15) is 19.2 Å². The van der Waals surface area contributed by atoms with E-state index >= 15 is 0 Å². The summed E-state index contributed by atoms with van der Waals surface area (Å²) in [6.07, 6.45) is 4.05. The summed E-state index contributed by atoms with van der Waals surface area (Å²) in [5.41, 5.74) is 7.26. The largest absolute Gasteiger partial charge is 0.488 e. The second-order valence-electron chi connectivity index (χ2n) is 15.9. The molecule has 3 atom stereocenters. The van der Waals surface area contributed by atoms with Crippen LogP contribution in [0.2, 0.25) is 0 Å². The number of fused-ring (bicyclic) bond motifs is 6. The fraction of sp³-hybridized carbons (Fsp3) is 0.362. The summed E-state index contributed by atoms with van der Waals surface area (Å²) < 4.78 is 15.4. The lowest BCUT2D eigenvalue weighted by Gasteiger charge is -2.29. The molecule has 0 bridgehead atoms. The molecule has 2 aliphatic rings. The van der Waals surface area contributed by atoms with Gasteiger partial charge in [-0.05, 0) is 77.1 Å². The second kappa shape index (κ2) is 19.3. The number of H-pyrrole nitrogens is 2. The van der Waals surface area contributed by atoms with Gasteiger partial charge in [0.05, 0.1) is 42.6 Å². The smallest absolute Gasteiger partial charge is 0.407 e. The third kappa shape index (κ3) is 8.98. The van der Waals surface area contributed by atoms with E-state index in [0.717, 1.165) is 74.8 Å². The lowest BCUT2D eigenvalue weighted by Crippen LogP contribution is -2.51. The second-order valence-corrected chi connectivity index (χ2v) is 15.9. The number of amides is 4. The predicted molar refractivity (Wildman–Crippen MR) is 236 cm³/mol. The number of likely N-dealkylation sites (tertiary alicyclic amines) is 1. The number of ether oxygens (including phenoxy) is 3. The van der Waals surface area contributed by atoms with Gasteiger partial charge in [0.25, 0.3) is 0 Å². The molecular weight excluding hydrogens is 789 g/mol. The first-order valence-electron chi connectivity index (χ1n) is 20.9. The zero-order chi connectivity index (χ0) is 43.9. The molecule has 4 amide bonds. The van der Waals surface area contributed by atoms with E-state index in [0.29, 0.717) is 43.3 Å². The molecular formula is C47H54N8O7. The molecule has 0 saturated carbocycles. The lowest BCUT2D eigenvalue weighted by molar-refractivity contribution is -0.136. The highest BCUT2D eigenvalue weighted by atomic mass is 16.5. The Morgan fingerprint density at radius 3 is 2.53 bits per heavy atom. The van der Waals surface area contributed by atoms with Gasteiger partial charge in [-0.1, -0.05) is 69.3 Å². The molecule has 4 aromatic carbocycles. The van der Waals surface area contributed by atoms with Crippen LogP contribution < -0.4 is 15.4 Å². The summed E-state index contributed by atoms with van der Waals surface area (Å²) in [6.45, 7) is 7.54. The van der Waals surface area contributed by atoms with Crippen molar-refractivity contribution in [1.29, 1.82) is 0 Å². The van der Waals surface area contributed by atoms with Gasteiger partial charge in [0.2, 0.25) is 18.2 Å². The van der Waals surface area contributed by atoms with Crippen molar-refractivity contribution in [3.63, 3.8) is 0 Å². The minimum Gasteiger partial charge on any atom is -0.488 e. The van der Waals surface area contributed by atoms with Crippen molar-refractivity contribution in [2.24, 2.45) is 5.92 Å². The van der Waals surface area contributed by atoms with Crippen LogP contribution in [-0.4, -0.2) is 94.5 Å². The number of carbonyl (C=O) groups excluding carboxylic acids is 4. The van der Waals surface area contributed by atoms with Crippen LogP contribution in [0, 0.1) is 5.92 Å². The van der Waals surface area contributed by atoms with Crippen LogP contribution >= 0.6 is 0 Å². The maximum Gasteiger partial charge on any atom is 0.407 e. The zero-order valence-corrected chi connectivity index (χ0v) is 36.0. The van der Waals surface area contributed by atoms with Gasteiger partial charge in [-0.2, -0.15) is 0 Å². The van der Waals surface area contributed by atoms with Crippen molar-refractivity contribution in [3.05, 3.63) is 102 Å². The maximum absolute atomic E-state index is 13.7. The number of nitrogens with one attached hydrogen (secondary N) is 4. The molecule has 0 aliphatic carbocycles. The van der Waals surface area contributed by atoms with Gasteiger partial charge in [0, 0.05) is 38.3 Å². The van der Waals surface area contributed by atoms with Gasteiger partial charge in [-0.3, -0.25) is 14.4 Å². The molecule has 3 unspecified atom stereocenters. The monoisotopic (exact) mass is 842 g/mol.